The van der Waals surface area contributed by atoms with Gasteiger partial charge in [-0.05, 0) is 17.7 Å². The molecule has 2 aromatic carbocycles. The molecule has 0 bridgehead atoms. The molecule has 19 heavy (non-hydrogen) atoms. The van der Waals surface area contributed by atoms with Crippen LogP contribution in [-0.4, -0.2) is 16.5 Å². The van der Waals surface area contributed by atoms with Gasteiger partial charge in [-0.2, -0.15) is 5.10 Å². The number of para-hydroxylation sites is 1. The molecule has 92 valence electrons. The molecule has 0 aliphatic heterocycles. The molecule has 0 aliphatic rings. The molecular weight excluding hydrogens is 236 g/mol. The second-order valence-electron chi connectivity index (χ2n) is 4.27. The Labute approximate surface area is 110 Å². The molecule has 1 N–H and O–H groups in total. The van der Waals surface area contributed by atoms with Crippen molar-refractivity contribution in [2.75, 3.05) is 0 Å². The van der Waals surface area contributed by atoms with Gasteiger partial charge in [0.2, 0.25) is 0 Å². The van der Waals surface area contributed by atoms with Gasteiger partial charge in [0.1, 0.15) is 6.29 Å². The SMILES string of the molecule is O=Cc1ccc(/C=C/c2n[nH]c3ccccc23)cc1. The third kappa shape index (κ3) is 2.31. The summed E-state index contributed by atoms with van der Waals surface area (Å²) in [5, 5.41) is 8.37. The number of aldehydes is 1. The lowest BCUT2D eigenvalue weighted by molar-refractivity contribution is 0.112. The van der Waals surface area contributed by atoms with Crippen LogP contribution < -0.4 is 0 Å². The Hall–Kier alpha value is -2.68. The predicted octanol–water partition coefficient (Wildman–Crippen LogP) is 3.55. The van der Waals surface area contributed by atoms with E-state index < -0.39 is 0 Å². The van der Waals surface area contributed by atoms with E-state index in [-0.39, 0.29) is 0 Å². The number of carbonyl (C=O) groups excluding carboxylic acids is 1. The average Bonchev–Trinajstić information content (AvgIpc) is 2.89. The molecule has 0 saturated carbocycles. The van der Waals surface area contributed by atoms with Crippen molar-refractivity contribution in [1.29, 1.82) is 0 Å². The van der Waals surface area contributed by atoms with Crippen molar-refractivity contribution in [1.82, 2.24) is 10.2 Å². The molecule has 0 radical (unpaired) electrons. The summed E-state index contributed by atoms with van der Waals surface area (Å²) in [6, 6.07) is 15.4. The van der Waals surface area contributed by atoms with Crippen LogP contribution in [0.4, 0.5) is 0 Å². The maximum atomic E-state index is 10.6. The fourth-order valence-electron chi connectivity index (χ4n) is 1.97. The lowest BCUT2D eigenvalue weighted by atomic mass is 10.1. The van der Waals surface area contributed by atoms with Crippen LogP contribution in [0.2, 0.25) is 0 Å². The number of nitrogens with one attached hydrogen (secondary N) is 1. The number of aromatic nitrogens is 2. The minimum atomic E-state index is 0.683. The smallest absolute Gasteiger partial charge is 0.150 e. The van der Waals surface area contributed by atoms with Gasteiger partial charge in [0.05, 0.1) is 11.2 Å². The van der Waals surface area contributed by atoms with E-state index in [4.69, 9.17) is 0 Å². The Kier molecular flexibility index (Phi) is 2.94. The van der Waals surface area contributed by atoms with Crippen molar-refractivity contribution in [2.45, 2.75) is 0 Å². The third-order valence-electron chi connectivity index (χ3n) is 3.01. The number of hydrogen-bond acceptors (Lipinski definition) is 2. The van der Waals surface area contributed by atoms with Gasteiger partial charge in [-0.3, -0.25) is 9.89 Å². The van der Waals surface area contributed by atoms with Crippen molar-refractivity contribution in [3.63, 3.8) is 0 Å². The number of benzene rings is 2. The zero-order valence-corrected chi connectivity index (χ0v) is 10.2. The number of nitrogens with zero attached hydrogens (tertiary/aromatic N) is 1. The lowest BCUT2D eigenvalue weighted by Crippen LogP contribution is -1.79. The van der Waals surface area contributed by atoms with Crippen LogP contribution in [-0.2, 0) is 0 Å². The first-order valence-electron chi connectivity index (χ1n) is 6.03. The van der Waals surface area contributed by atoms with Crippen molar-refractivity contribution in [3.8, 4) is 0 Å². The first-order valence-corrected chi connectivity index (χ1v) is 6.03. The third-order valence-corrected chi connectivity index (χ3v) is 3.01. The molecule has 3 rings (SSSR count). The quantitative estimate of drug-likeness (QED) is 0.720. The summed E-state index contributed by atoms with van der Waals surface area (Å²) in [6.45, 7) is 0. The van der Waals surface area contributed by atoms with Crippen LogP contribution in [0, 0.1) is 0 Å². The van der Waals surface area contributed by atoms with Crippen molar-refractivity contribution in [2.24, 2.45) is 0 Å². The van der Waals surface area contributed by atoms with Crippen LogP contribution in [0.5, 0.6) is 0 Å². The van der Waals surface area contributed by atoms with Gasteiger partial charge >= 0.3 is 0 Å². The molecule has 0 saturated heterocycles. The number of carbonyl (C=O) groups is 1. The molecule has 0 fully saturated rings. The maximum Gasteiger partial charge on any atom is 0.150 e. The standard InChI is InChI=1S/C16H12N2O/c19-11-13-7-5-12(6-8-13)9-10-16-14-3-1-2-4-15(14)17-18-16/h1-11H,(H,17,18)/b10-9+. The molecule has 3 nitrogen and oxygen atoms in total. The van der Waals surface area contributed by atoms with Crippen LogP contribution >= 0.6 is 0 Å². The van der Waals surface area contributed by atoms with E-state index in [1.165, 1.54) is 0 Å². The van der Waals surface area contributed by atoms with E-state index in [1.807, 2.05) is 48.6 Å². The summed E-state index contributed by atoms with van der Waals surface area (Å²) in [5.74, 6) is 0. The van der Waals surface area contributed by atoms with Crippen LogP contribution in [0.1, 0.15) is 21.6 Å². The second-order valence-corrected chi connectivity index (χ2v) is 4.27. The van der Waals surface area contributed by atoms with Gasteiger partial charge in [0.15, 0.2) is 0 Å². The summed E-state index contributed by atoms with van der Waals surface area (Å²) in [6.07, 6.45) is 4.79. The zero-order chi connectivity index (χ0) is 13.1. The highest BCUT2D eigenvalue weighted by molar-refractivity contribution is 5.89. The molecule has 0 unspecified atom stereocenters. The van der Waals surface area contributed by atoms with Crippen molar-refractivity contribution >= 4 is 29.3 Å². The van der Waals surface area contributed by atoms with Gasteiger partial charge in [-0.15, -0.1) is 0 Å². The number of rotatable bonds is 3. The molecule has 0 amide bonds. The minimum Gasteiger partial charge on any atom is -0.298 e. The molecule has 3 aromatic rings. The zero-order valence-electron chi connectivity index (χ0n) is 10.2. The Morgan fingerprint density at radius 1 is 0.895 bits per heavy atom. The monoisotopic (exact) mass is 248 g/mol. The Morgan fingerprint density at radius 3 is 2.42 bits per heavy atom. The topological polar surface area (TPSA) is 45.8 Å². The summed E-state index contributed by atoms with van der Waals surface area (Å²) in [5.41, 5.74) is 3.66. The fourth-order valence-corrected chi connectivity index (χ4v) is 1.97. The van der Waals surface area contributed by atoms with Gasteiger partial charge < -0.3 is 0 Å². The van der Waals surface area contributed by atoms with Gasteiger partial charge in [0.25, 0.3) is 0 Å². The molecule has 0 atom stereocenters. The van der Waals surface area contributed by atoms with Gasteiger partial charge in [-0.25, -0.2) is 0 Å². The van der Waals surface area contributed by atoms with Crippen LogP contribution in [0.25, 0.3) is 23.1 Å². The van der Waals surface area contributed by atoms with E-state index in [0.717, 1.165) is 28.4 Å². The van der Waals surface area contributed by atoms with Crippen LogP contribution in [0.3, 0.4) is 0 Å². The molecule has 3 heteroatoms. The largest absolute Gasteiger partial charge is 0.298 e. The van der Waals surface area contributed by atoms with E-state index in [2.05, 4.69) is 10.2 Å². The van der Waals surface area contributed by atoms with Crippen molar-refractivity contribution in [3.05, 3.63) is 65.4 Å². The van der Waals surface area contributed by atoms with E-state index >= 15 is 0 Å². The number of H-pyrrole nitrogens is 1. The first kappa shape index (κ1) is 11.4. The Bertz CT molecular complexity index is 739. The van der Waals surface area contributed by atoms with Crippen molar-refractivity contribution < 1.29 is 4.79 Å². The number of fused-ring (bicyclic) bond motifs is 1. The number of aromatic amines is 1. The molecule has 1 aromatic heterocycles. The molecular formula is C16H12N2O. The first-order chi connectivity index (χ1) is 9.36. The lowest BCUT2D eigenvalue weighted by Gasteiger charge is -1.93. The second kappa shape index (κ2) is 4.90. The number of hydrogen-bond donors (Lipinski definition) is 1. The van der Waals surface area contributed by atoms with E-state index in [9.17, 15) is 4.79 Å². The summed E-state index contributed by atoms with van der Waals surface area (Å²) in [4.78, 5) is 10.6. The highest BCUT2D eigenvalue weighted by atomic mass is 16.1. The average molecular weight is 248 g/mol. The summed E-state index contributed by atoms with van der Waals surface area (Å²) >= 11 is 0. The fraction of sp³-hybridized carbons (Fsp3) is 0. The van der Waals surface area contributed by atoms with E-state index in [1.54, 1.807) is 12.1 Å². The molecule has 1 heterocycles. The molecule has 0 spiro atoms. The normalized spacial score (nSPS) is 11.2. The maximum absolute atomic E-state index is 10.6. The highest BCUT2D eigenvalue weighted by Crippen LogP contribution is 2.17. The van der Waals surface area contributed by atoms with Gasteiger partial charge in [0, 0.05) is 10.9 Å². The van der Waals surface area contributed by atoms with Gasteiger partial charge in [-0.1, -0.05) is 48.5 Å². The predicted molar refractivity (Wildman–Crippen MR) is 76.9 cm³/mol. The Balaban J connectivity index is 1.91. The summed E-state index contributed by atoms with van der Waals surface area (Å²) < 4.78 is 0. The summed E-state index contributed by atoms with van der Waals surface area (Å²) in [7, 11) is 0. The molecule has 0 aliphatic carbocycles. The van der Waals surface area contributed by atoms with E-state index in [0.29, 0.717) is 5.56 Å². The highest BCUT2D eigenvalue weighted by Gasteiger charge is 2.00. The minimum absolute atomic E-state index is 0.683. The Morgan fingerprint density at radius 2 is 1.63 bits per heavy atom. The van der Waals surface area contributed by atoms with Crippen LogP contribution in [0.15, 0.2) is 48.5 Å².